The van der Waals surface area contributed by atoms with Crippen LogP contribution in [-0.4, -0.2) is 5.71 Å². The maximum Gasteiger partial charge on any atom is 0.0629 e. The van der Waals surface area contributed by atoms with Gasteiger partial charge in [-0.15, -0.1) is 0 Å². The molecule has 2 atom stereocenters. The van der Waals surface area contributed by atoms with Crippen LogP contribution in [0.3, 0.4) is 0 Å². The van der Waals surface area contributed by atoms with Gasteiger partial charge in [-0.1, -0.05) is 55.5 Å². The Balaban J connectivity index is 1.64. The van der Waals surface area contributed by atoms with Crippen molar-refractivity contribution >= 4 is 11.4 Å². The molecule has 0 unspecified atom stereocenters. The van der Waals surface area contributed by atoms with Gasteiger partial charge in [0.1, 0.15) is 0 Å². The second-order valence-electron chi connectivity index (χ2n) is 5.38. The lowest BCUT2D eigenvalue weighted by molar-refractivity contribution is 0.380. The molecule has 19 heavy (non-hydrogen) atoms. The molecule has 3 rings (SSSR count). The highest BCUT2D eigenvalue weighted by Gasteiger charge is 2.33. The predicted octanol–water partition coefficient (Wildman–Crippen LogP) is 4.66. The van der Waals surface area contributed by atoms with Crippen molar-refractivity contribution in [3.8, 4) is 0 Å². The maximum atomic E-state index is 4.75. The van der Waals surface area contributed by atoms with E-state index >= 15 is 0 Å². The van der Waals surface area contributed by atoms with Crippen molar-refractivity contribution in [3.05, 3.63) is 66.2 Å². The molecule has 2 aromatic rings. The molecule has 0 aromatic heterocycles. The summed E-state index contributed by atoms with van der Waals surface area (Å²) in [5.41, 5.74) is 3.88. The lowest BCUT2D eigenvalue weighted by Gasteiger charge is -2.36. The number of aliphatic imine (C=N–C) groups is 1. The molecule has 0 heterocycles. The van der Waals surface area contributed by atoms with Crippen LogP contribution in [0.5, 0.6) is 0 Å². The molecule has 1 aliphatic carbocycles. The summed E-state index contributed by atoms with van der Waals surface area (Å²) in [4.78, 5) is 4.75. The van der Waals surface area contributed by atoms with Crippen molar-refractivity contribution in [2.45, 2.75) is 19.8 Å². The molecule has 0 aliphatic heterocycles. The fraction of sp³-hybridized carbons (Fsp3) is 0.278. The summed E-state index contributed by atoms with van der Waals surface area (Å²) >= 11 is 0. The lowest BCUT2D eigenvalue weighted by atomic mass is 9.70. The Morgan fingerprint density at radius 2 is 1.58 bits per heavy atom. The van der Waals surface area contributed by atoms with Crippen LogP contribution < -0.4 is 0 Å². The number of para-hydroxylation sites is 1. The van der Waals surface area contributed by atoms with Gasteiger partial charge in [-0.05, 0) is 42.4 Å². The van der Waals surface area contributed by atoms with Gasteiger partial charge in [0, 0.05) is 5.71 Å². The molecule has 0 N–H and O–H groups in total. The van der Waals surface area contributed by atoms with Crippen LogP contribution in [0.2, 0.25) is 0 Å². The molecule has 1 nitrogen and oxygen atoms in total. The molecule has 1 heteroatoms. The molecule has 1 aliphatic rings. The van der Waals surface area contributed by atoms with E-state index in [0.29, 0.717) is 5.92 Å². The van der Waals surface area contributed by atoms with E-state index in [9.17, 15) is 0 Å². The van der Waals surface area contributed by atoms with E-state index in [0.717, 1.165) is 18.0 Å². The number of hydrogen-bond donors (Lipinski definition) is 0. The Hall–Kier alpha value is -1.89. The van der Waals surface area contributed by atoms with Crippen LogP contribution in [0.25, 0.3) is 0 Å². The summed E-state index contributed by atoms with van der Waals surface area (Å²) in [7, 11) is 0. The van der Waals surface area contributed by atoms with Crippen LogP contribution in [0.4, 0.5) is 5.69 Å². The molecule has 0 spiro atoms. The monoisotopic (exact) mass is 249 g/mol. The summed E-state index contributed by atoms with van der Waals surface area (Å²) in [5.74, 6) is 1.37. The zero-order valence-corrected chi connectivity index (χ0v) is 11.3. The first-order chi connectivity index (χ1) is 9.33. The fourth-order valence-electron chi connectivity index (χ4n) is 2.72. The van der Waals surface area contributed by atoms with E-state index < -0.39 is 0 Å². The minimum absolute atomic E-state index is 0.611. The molecule has 1 fully saturated rings. The smallest absolute Gasteiger partial charge is 0.0629 e. The van der Waals surface area contributed by atoms with Gasteiger partial charge in [0.05, 0.1) is 5.69 Å². The highest BCUT2D eigenvalue weighted by molar-refractivity contribution is 5.94. The van der Waals surface area contributed by atoms with Crippen molar-refractivity contribution in [1.29, 1.82) is 0 Å². The van der Waals surface area contributed by atoms with Gasteiger partial charge in [-0.2, -0.15) is 0 Å². The van der Waals surface area contributed by atoms with Crippen LogP contribution >= 0.6 is 0 Å². The Morgan fingerprint density at radius 1 is 0.947 bits per heavy atom. The number of hydrogen-bond acceptors (Lipinski definition) is 1. The van der Waals surface area contributed by atoms with Crippen molar-refractivity contribution in [1.82, 2.24) is 0 Å². The van der Waals surface area contributed by atoms with Crippen molar-refractivity contribution in [2.75, 3.05) is 0 Å². The van der Waals surface area contributed by atoms with Crippen LogP contribution in [0.15, 0.2) is 65.7 Å². The standard InChI is InChI=1S/C18H19N/c1-14-16(12-15-8-4-2-5-9-15)13-18(14)19-17-10-6-3-7-11-17/h2-11,14,16H,12-13H2,1H3/t14-,16+/m1/s1. The van der Waals surface area contributed by atoms with E-state index in [1.807, 2.05) is 18.2 Å². The summed E-state index contributed by atoms with van der Waals surface area (Å²) in [6.45, 7) is 2.30. The lowest BCUT2D eigenvalue weighted by Crippen LogP contribution is -2.36. The second kappa shape index (κ2) is 5.40. The van der Waals surface area contributed by atoms with Gasteiger partial charge in [-0.25, -0.2) is 0 Å². The zero-order chi connectivity index (χ0) is 13.1. The van der Waals surface area contributed by atoms with Gasteiger partial charge >= 0.3 is 0 Å². The third-order valence-corrected chi connectivity index (χ3v) is 4.07. The summed E-state index contributed by atoms with van der Waals surface area (Å²) < 4.78 is 0. The van der Waals surface area contributed by atoms with Gasteiger partial charge < -0.3 is 0 Å². The Kier molecular flexibility index (Phi) is 3.45. The normalized spacial score (nSPS) is 24.2. The molecule has 1 saturated carbocycles. The summed E-state index contributed by atoms with van der Waals surface area (Å²) in [6.07, 6.45) is 2.32. The van der Waals surface area contributed by atoms with Crippen LogP contribution in [0.1, 0.15) is 18.9 Å². The molecule has 0 radical (unpaired) electrons. The quantitative estimate of drug-likeness (QED) is 0.750. The second-order valence-corrected chi connectivity index (χ2v) is 5.38. The average Bonchev–Trinajstić information content (AvgIpc) is 2.48. The highest BCUT2D eigenvalue weighted by atomic mass is 14.8. The summed E-state index contributed by atoms with van der Waals surface area (Å²) in [6, 6.07) is 21.0. The topological polar surface area (TPSA) is 12.4 Å². The number of benzene rings is 2. The van der Waals surface area contributed by atoms with E-state index in [-0.39, 0.29) is 0 Å². The van der Waals surface area contributed by atoms with Crippen molar-refractivity contribution in [2.24, 2.45) is 16.8 Å². The SMILES string of the molecule is C[C@H]1C(=Nc2ccccc2)C[C@@H]1Cc1ccccc1. The van der Waals surface area contributed by atoms with Gasteiger partial charge in [0.2, 0.25) is 0 Å². The molecule has 0 amide bonds. The first-order valence-corrected chi connectivity index (χ1v) is 6.99. The van der Waals surface area contributed by atoms with Crippen molar-refractivity contribution in [3.63, 3.8) is 0 Å². The van der Waals surface area contributed by atoms with Gasteiger partial charge in [0.15, 0.2) is 0 Å². The largest absolute Gasteiger partial charge is 0.258 e. The van der Waals surface area contributed by atoms with E-state index in [1.165, 1.54) is 17.7 Å². The first kappa shape index (κ1) is 12.2. The zero-order valence-electron chi connectivity index (χ0n) is 11.3. The average molecular weight is 249 g/mol. The first-order valence-electron chi connectivity index (χ1n) is 6.99. The Morgan fingerprint density at radius 3 is 2.21 bits per heavy atom. The van der Waals surface area contributed by atoms with Gasteiger partial charge in [-0.3, -0.25) is 4.99 Å². The minimum atomic E-state index is 0.611. The van der Waals surface area contributed by atoms with Crippen molar-refractivity contribution < 1.29 is 0 Å². The maximum absolute atomic E-state index is 4.75. The third kappa shape index (κ3) is 2.76. The number of nitrogens with zero attached hydrogens (tertiary/aromatic N) is 1. The molecular weight excluding hydrogens is 230 g/mol. The summed E-state index contributed by atoms with van der Waals surface area (Å²) in [5, 5.41) is 0. The Bertz CT molecular complexity index is 557. The number of rotatable bonds is 3. The molecule has 0 bridgehead atoms. The minimum Gasteiger partial charge on any atom is -0.258 e. The van der Waals surface area contributed by atoms with E-state index in [1.54, 1.807) is 0 Å². The highest BCUT2D eigenvalue weighted by Crippen LogP contribution is 2.35. The van der Waals surface area contributed by atoms with Crippen LogP contribution in [0, 0.1) is 11.8 Å². The van der Waals surface area contributed by atoms with Crippen LogP contribution in [-0.2, 0) is 6.42 Å². The Labute approximate surface area is 115 Å². The van der Waals surface area contributed by atoms with Gasteiger partial charge in [0.25, 0.3) is 0 Å². The molecular formula is C18H19N. The molecule has 0 saturated heterocycles. The predicted molar refractivity (Wildman–Crippen MR) is 81.0 cm³/mol. The van der Waals surface area contributed by atoms with E-state index in [4.69, 9.17) is 4.99 Å². The van der Waals surface area contributed by atoms with E-state index in [2.05, 4.69) is 49.4 Å². The molecule has 2 aromatic carbocycles. The fourth-order valence-corrected chi connectivity index (χ4v) is 2.72. The third-order valence-electron chi connectivity index (χ3n) is 4.07. The molecule has 96 valence electrons.